The van der Waals surface area contributed by atoms with Gasteiger partial charge in [-0.3, -0.25) is 9.88 Å². The van der Waals surface area contributed by atoms with Gasteiger partial charge < -0.3 is 5.32 Å². The summed E-state index contributed by atoms with van der Waals surface area (Å²) in [5.74, 6) is 0.888. The van der Waals surface area contributed by atoms with E-state index in [1.807, 2.05) is 0 Å². The number of likely N-dealkylation sites (N-methyl/N-ethyl adjacent to an activating group) is 2. The van der Waals surface area contributed by atoms with Crippen LogP contribution >= 0.6 is 0 Å². The highest BCUT2D eigenvalue weighted by atomic mass is 15.2. The number of rotatable bonds is 6. The summed E-state index contributed by atoms with van der Waals surface area (Å²) in [6.45, 7) is 8.74. The maximum absolute atomic E-state index is 4.68. The van der Waals surface area contributed by atoms with Crippen LogP contribution in [0.5, 0.6) is 0 Å². The van der Waals surface area contributed by atoms with Crippen molar-refractivity contribution in [2.24, 2.45) is 5.92 Å². The number of nitrogens with one attached hydrogen (secondary N) is 1. The molecule has 0 bridgehead atoms. The van der Waals surface area contributed by atoms with Crippen LogP contribution in [0.1, 0.15) is 50.9 Å². The lowest BCUT2D eigenvalue weighted by molar-refractivity contribution is 0.0957. The highest BCUT2D eigenvalue weighted by molar-refractivity contribution is 5.10. The second kappa shape index (κ2) is 7.90. The predicted octanol–water partition coefficient (Wildman–Crippen LogP) is 3.38. The smallest absolute Gasteiger partial charge is 0.0547 e. The molecule has 2 rings (SSSR count). The molecular formula is C18H31N3. The van der Waals surface area contributed by atoms with Crippen molar-refractivity contribution in [2.45, 2.75) is 65.1 Å². The van der Waals surface area contributed by atoms with Crippen molar-refractivity contribution in [2.75, 3.05) is 13.6 Å². The molecule has 0 aromatic carbocycles. The Morgan fingerprint density at radius 1 is 1.29 bits per heavy atom. The zero-order chi connectivity index (χ0) is 15.2. The summed E-state index contributed by atoms with van der Waals surface area (Å²) in [6.07, 6.45) is 5.31. The number of hydrogen-bond donors (Lipinski definition) is 1. The van der Waals surface area contributed by atoms with Crippen molar-refractivity contribution in [3.63, 3.8) is 0 Å². The zero-order valence-electron chi connectivity index (χ0n) is 14.1. The molecule has 3 nitrogen and oxygen atoms in total. The molecule has 118 valence electrons. The van der Waals surface area contributed by atoms with E-state index in [1.54, 1.807) is 0 Å². The first-order valence-corrected chi connectivity index (χ1v) is 8.51. The van der Waals surface area contributed by atoms with Gasteiger partial charge in [0.15, 0.2) is 0 Å². The first-order valence-electron chi connectivity index (χ1n) is 8.51. The number of aryl methyl sites for hydroxylation is 1. The Hall–Kier alpha value is -0.930. The minimum atomic E-state index is 0.623. The largest absolute Gasteiger partial charge is 0.315 e. The van der Waals surface area contributed by atoms with Crippen LogP contribution in [-0.2, 0) is 6.54 Å². The molecule has 3 heteroatoms. The minimum Gasteiger partial charge on any atom is -0.315 e. The lowest BCUT2D eigenvalue weighted by Crippen LogP contribution is -2.52. The fourth-order valence-corrected chi connectivity index (χ4v) is 3.70. The van der Waals surface area contributed by atoms with E-state index in [1.165, 1.54) is 31.4 Å². The summed E-state index contributed by atoms with van der Waals surface area (Å²) in [5.41, 5.74) is 2.31. The molecule has 1 aromatic rings. The quantitative estimate of drug-likeness (QED) is 0.870. The van der Waals surface area contributed by atoms with Gasteiger partial charge in [0.25, 0.3) is 0 Å². The van der Waals surface area contributed by atoms with Gasteiger partial charge in [-0.05, 0) is 57.8 Å². The van der Waals surface area contributed by atoms with E-state index in [4.69, 9.17) is 0 Å². The fourth-order valence-electron chi connectivity index (χ4n) is 3.70. The second-order valence-electron chi connectivity index (χ2n) is 6.38. The summed E-state index contributed by atoms with van der Waals surface area (Å²) in [5, 5.41) is 3.55. The van der Waals surface area contributed by atoms with E-state index in [0.29, 0.717) is 12.1 Å². The van der Waals surface area contributed by atoms with Crippen LogP contribution in [0.2, 0.25) is 0 Å². The van der Waals surface area contributed by atoms with Gasteiger partial charge in [0.1, 0.15) is 0 Å². The van der Waals surface area contributed by atoms with Gasteiger partial charge in [-0.1, -0.05) is 26.3 Å². The molecule has 3 unspecified atom stereocenters. The average Bonchev–Trinajstić information content (AvgIpc) is 2.52. The summed E-state index contributed by atoms with van der Waals surface area (Å²) in [7, 11) is 2.11. The van der Waals surface area contributed by atoms with Crippen molar-refractivity contribution >= 4 is 0 Å². The molecule has 1 aliphatic carbocycles. The third-order valence-electron chi connectivity index (χ3n) is 5.06. The van der Waals surface area contributed by atoms with Crippen LogP contribution < -0.4 is 5.32 Å². The van der Waals surface area contributed by atoms with Crippen molar-refractivity contribution in [3.05, 3.63) is 29.6 Å². The Morgan fingerprint density at radius 3 is 2.71 bits per heavy atom. The summed E-state index contributed by atoms with van der Waals surface area (Å²) in [6, 6.07) is 7.61. The molecule has 3 atom stereocenters. The lowest BCUT2D eigenvalue weighted by atomic mass is 9.80. The number of hydrogen-bond acceptors (Lipinski definition) is 3. The molecule has 0 spiro atoms. The SMILES string of the molecule is CCC1CCC(NC)C(N(CC)Cc2cccc(C)n2)C1. The van der Waals surface area contributed by atoms with Gasteiger partial charge in [-0.25, -0.2) is 0 Å². The van der Waals surface area contributed by atoms with E-state index in [2.05, 4.69) is 61.2 Å². The Bertz CT molecular complexity index is 432. The van der Waals surface area contributed by atoms with Crippen LogP contribution in [0.15, 0.2) is 18.2 Å². The van der Waals surface area contributed by atoms with Crippen LogP contribution in [0.3, 0.4) is 0 Å². The highest BCUT2D eigenvalue weighted by Crippen LogP contribution is 2.30. The Morgan fingerprint density at radius 2 is 2.10 bits per heavy atom. The van der Waals surface area contributed by atoms with Crippen LogP contribution in [-0.4, -0.2) is 35.6 Å². The standard InChI is InChI=1S/C18H31N3/c1-5-15-10-11-17(19-4)18(12-15)21(6-2)13-16-9-7-8-14(3)20-16/h7-9,15,17-19H,5-6,10-13H2,1-4H3. The predicted molar refractivity (Wildman–Crippen MR) is 89.3 cm³/mol. The van der Waals surface area contributed by atoms with Crippen LogP contribution in [0, 0.1) is 12.8 Å². The van der Waals surface area contributed by atoms with E-state index in [-0.39, 0.29) is 0 Å². The van der Waals surface area contributed by atoms with Gasteiger partial charge in [0.05, 0.1) is 5.69 Å². The maximum Gasteiger partial charge on any atom is 0.0547 e. The maximum atomic E-state index is 4.68. The Balaban J connectivity index is 2.10. The third kappa shape index (κ3) is 4.27. The number of nitrogens with zero attached hydrogens (tertiary/aromatic N) is 2. The topological polar surface area (TPSA) is 28.2 Å². The van der Waals surface area contributed by atoms with Crippen LogP contribution in [0.4, 0.5) is 0 Å². The summed E-state index contributed by atoms with van der Waals surface area (Å²) >= 11 is 0. The minimum absolute atomic E-state index is 0.623. The highest BCUT2D eigenvalue weighted by Gasteiger charge is 2.32. The lowest BCUT2D eigenvalue weighted by Gasteiger charge is -2.42. The molecule has 1 N–H and O–H groups in total. The van der Waals surface area contributed by atoms with Crippen molar-refractivity contribution in [1.82, 2.24) is 15.2 Å². The van der Waals surface area contributed by atoms with Gasteiger partial charge in [-0.2, -0.15) is 0 Å². The molecule has 0 radical (unpaired) electrons. The van der Waals surface area contributed by atoms with Crippen molar-refractivity contribution in [3.8, 4) is 0 Å². The molecule has 1 aromatic heterocycles. The normalized spacial score (nSPS) is 26.2. The number of aromatic nitrogens is 1. The van der Waals surface area contributed by atoms with Crippen molar-refractivity contribution < 1.29 is 0 Å². The van der Waals surface area contributed by atoms with E-state index >= 15 is 0 Å². The first kappa shape index (κ1) is 16.4. The Labute approximate surface area is 130 Å². The molecule has 1 saturated carbocycles. The summed E-state index contributed by atoms with van der Waals surface area (Å²) in [4.78, 5) is 7.30. The first-order chi connectivity index (χ1) is 10.2. The molecule has 0 amide bonds. The van der Waals surface area contributed by atoms with Gasteiger partial charge >= 0.3 is 0 Å². The molecule has 1 aliphatic rings. The second-order valence-corrected chi connectivity index (χ2v) is 6.38. The monoisotopic (exact) mass is 289 g/mol. The molecule has 1 heterocycles. The summed E-state index contributed by atoms with van der Waals surface area (Å²) < 4.78 is 0. The third-order valence-corrected chi connectivity index (χ3v) is 5.06. The molecule has 21 heavy (non-hydrogen) atoms. The van der Waals surface area contributed by atoms with Gasteiger partial charge in [0.2, 0.25) is 0 Å². The zero-order valence-corrected chi connectivity index (χ0v) is 14.1. The fraction of sp³-hybridized carbons (Fsp3) is 0.722. The Kier molecular flexibility index (Phi) is 6.19. The van der Waals surface area contributed by atoms with E-state index in [0.717, 1.165) is 24.7 Å². The number of pyridine rings is 1. The average molecular weight is 289 g/mol. The molecule has 1 fully saturated rings. The van der Waals surface area contributed by atoms with Crippen LogP contribution in [0.25, 0.3) is 0 Å². The van der Waals surface area contributed by atoms with Gasteiger partial charge in [-0.15, -0.1) is 0 Å². The van der Waals surface area contributed by atoms with E-state index in [9.17, 15) is 0 Å². The van der Waals surface area contributed by atoms with Crippen molar-refractivity contribution in [1.29, 1.82) is 0 Å². The molecular weight excluding hydrogens is 258 g/mol. The molecule has 0 aliphatic heterocycles. The molecule has 0 saturated heterocycles. The van der Waals surface area contributed by atoms with E-state index < -0.39 is 0 Å². The van der Waals surface area contributed by atoms with Gasteiger partial charge in [0, 0.05) is 24.3 Å².